The van der Waals surface area contributed by atoms with E-state index in [-0.39, 0.29) is 6.17 Å². The van der Waals surface area contributed by atoms with Crippen LogP contribution in [0.5, 0.6) is 0 Å². The van der Waals surface area contributed by atoms with Crippen molar-refractivity contribution < 1.29 is 0 Å². The zero-order chi connectivity index (χ0) is 17.1. The van der Waals surface area contributed by atoms with E-state index in [0.29, 0.717) is 0 Å². The predicted octanol–water partition coefficient (Wildman–Crippen LogP) is 3.77. The zero-order valence-corrected chi connectivity index (χ0v) is 15.0. The van der Waals surface area contributed by atoms with Gasteiger partial charge in [-0.3, -0.25) is 5.01 Å². The van der Waals surface area contributed by atoms with Crippen LogP contribution in [0, 0.1) is 0 Å². The molecule has 0 saturated carbocycles. The highest BCUT2D eigenvalue weighted by atomic mass is 15.6. The number of rotatable bonds is 5. The lowest BCUT2D eigenvalue weighted by Gasteiger charge is -2.31. The number of amidine groups is 1. The summed E-state index contributed by atoms with van der Waals surface area (Å²) in [6.07, 6.45) is 0.159. The van der Waals surface area contributed by atoms with Crippen molar-refractivity contribution in [2.45, 2.75) is 20.0 Å². The number of hydrazone groups is 1. The normalized spacial score (nSPS) is 17.2. The lowest BCUT2D eigenvalue weighted by Crippen LogP contribution is -2.35. The Bertz CT molecular complexity index is 691. The zero-order valence-electron chi connectivity index (χ0n) is 15.0. The minimum Gasteiger partial charge on any atom is -0.378 e. The highest BCUT2D eigenvalue weighted by Gasteiger charge is 2.33. The molecule has 0 aliphatic carbocycles. The summed E-state index contributed by atoms with van der Waals surface area (Å²) in [5.74, 6) is 1.06. The summed E-state index contributed by atoms with van der Waals surface area (Å²) >= 11 is 0. The molecule has 4 heteroatoms. The first-order valence-electron chi connectivity index (χ1n) is 8.60. The molecule has 1 atom stereocenters. The van der Waals surface area contributed by atoms with Crippen LogP contribution in [0.25, 0.3) is 0 Å². The molecule has 0 aromatic heterocycles. The Hall–Kier alpha value is -2.49. The van der Waals surface area contributed by atoms with Gasteiger partial charge < -0.3 is 9.80 Å². The van der Waals surface area contributed by atoms with Gasteiger partial charge in [-0.05, 0) is 31.5 Å². The van der Waals surface area contributed by atoms with Gasteiger partial charge in [0, 0.05) is 38.4 Å². The SMILES string of the molecule is CCN1N=C(c2ccccc2)N(CC)C1c1ccc(N(C)C)cc1. The molecule has 2 aromatic carbocycles. The Morgan fingerprint density at radius 1 is 0.917 bits per heavy atom. The molecule has 0 N–H and O–H groups in total. The maximum Gasteiger partial charge on any atom is 0.157 e. The van der Waals surface area contributed by atoms with E-state index in [4.69, 9.17) is 5.10 Å². The molecular formula is C20H26N4. The highest BCUT2D eigenvalue weighted by Crippen LogP contribution is 2.33. The first-order chi connectivity index (χ1) is 11.7. The molecule has 126 valence electrons. The van der Waals surface area contributed by atoms with Gasteiger partial charge in [-0.25, -0.2) is 0 Å². The van der Waals surface area contributed by atoms with Gasteiger partial charge in [-0.1, -0.05) is 42.5 Å². The van der Waals surface area contributed by atoms with E-state index in [0.717, 1.165) is 18.9 Å². The summed E-state index contributed by atoms with van der Waals surface area (Å²) in [6.45, 7) is 6.16. The second kappa shape index (κ2) is 6.95. The van der Waals surface area contributed by atoms with E-state index in [1.165, 1.54) is 16.8 Å². The number of hydrogen-bond donors (Lipinski definition) is 0. The van der Waals surface area contributed by atoms with Crippen molar-refractivity contribution in [2.24, 2.45) is 5.10 Å². The number of benzene rings is 2. The van der Waals surface area contributed by atoms with E-state index in [1.54, 1.807) is 0 Å². The molecule has 1 aliphatic rings. The summed E-state index contributed by atoms with van der Waals surface area (Å²) in [5.41, 5.74) is 3.66. The molecule has 0 saturated heterocycles. The first-order valence-corrected chi connectivity index (χ1v) is 8.60. The van der Waals surface area contributed by atoms with Crippen LogP contribution in [0.3, 0.4) is 0 Å². The van der Waals surface area contributed by atoms with E-state index in [1.807, 2.05) is 6.07 Å². The molecule has 0 amide bonds. The standard InChI is InChI=1S/C20H26N4/c1-5-23-19(16-10-8-7-9-11-16)21-24(6-2)20(23)17-12-14-18(15-13-17)22(3)4/h7-15,20H,5-6H2,1-4H3. The second-order valence-corrected chi connectivity index (χ2v) is 6.19. The number of nitrogens with zero attached hydrogens (tertiary/aromatic N) is 4. The Morgan fingerprint density at radius 2 is 1.58 bits per heavy atom. The van der Waals surface area contributed by atoms with Crippen molar-refractivity contribution in [1.82, 2.24) is 9.91 Å². The third-order valence-electron chi connectivity index (χ3n) is 4.48. The van der Waals surface area contributed by atoms with Crippen LogP contribution in [-0.4, -0.2) is 42.9 Å². The van der Waals surface area contributed by atoms with Crippen LogP contribution < -0.4 is 4.90 Å². The fourth-order valence-electron chi connectivity index (χ4n) is 3.18. The maximum atomic E-state index is 4.91. The van der Waals surface area contributed by atoms with Crippen molar-refractivity contribution in [3.8, 4) is 0 Å². The molecule has 1 aliphatic heterocycles. The van der Waals surface area contributed by atoms with Crippen molar-refractivity contribution in [3.05, 3.63) is 65.7 Å². The van der Waals surface area contributed by atoms with Gasteiger partial charge in [0.25, 0.3) is 0 Å². The first kappa shape index (κ1) is 16.4. The largest absolute Gasteiger partial charge is 0.378 e. The van der Waals surface area contributed by atoms with Gasteiger partial charge in [-0.15, -0.1) is 0 Å². The molecule has 0 fully saturated rings. The van der Waals surface area contributed by atoms with E-state index >= 15 is 0 Å². The van der Waals surface area contributed by atoms with Gasteiger partial charge >= 0.3 is 0 Å². The van der Waals surface area contributed by atoms with Crippen LogP contribution in [0.4, 0.5) is 5.69 Å². The monoisotopic (exact) mass is 322 g/mol. The molecule has 3 rings (SSSR count). The van der Waals surface area contributed by atoms with Crippen LogP contribution in [-0.2, 0) is 0 Å². The molecule has 0 spiro atoms. The topological polar surface area (TPSA) is 22.1 Å². The van der Waals surface area contributed by atoms with Gasteiger partial charge in [0.05, 0.1) is 0 Å². The molecular weight excluding hydrogens is 296 g/mol. The molecule has 0 radical (unpaired) electrons. The average molecular weight is 322 g/mol. The van der Waals surface area contributed by atoms with E-state index < -0.39 is 0 Å². The second-order valence-electron chi connectivity index (χ2n) is 6.19. The summed E-state index contributed by atoms with van der Waals surface area (Å²) in [6, 6.07) is 19.2. The van der Waals surface area contributed by atoms with Crippen LogP contribution in [0.15, 0.2) is 59.7 Å². The molecule has 24 heavy (non-hydrogen) atoms. The third-order valence-corrected chi connectivity index (χ3v) is 4.48. The van der Waals surface area contributed by atoms with E-state index in [9.17, 15) is 0 Å². The van der Waals surface area contributed by atoms with Crippen molar-refractivity contribution >= 4 is 11.5 Å². The summed E-state index contributed by atoms with van der Waals surface area (Å²) in [5, 5.41) is 7.09. The average Bonchev–Trinajstić information content (AvgIpc) is 3.01. The third kappa shape index (κ3) is 2.96. The summed E-state index contributed by atoms with van der Waals surface area (Å²) < 4.78 is 0. The smallest absolute Gasteiger partial charge is 0.157 e. The minimum absolute atomic E-state index is 0.159. The van der Waals surface area contributed by atoms with Crippen molar-refractivity contribution in [3.63, 3.8) is 0 Å². The molecule has 4 nitrogen and oxygen atoms in total. The highest BCUT2D eigenvalue weighted by molar-refractivity contribution is 5.99. The van der Waals surface area contributed by atoms with Crippen LogP contribution in [0.2, 0.25) is 0 Å². The van der Waals surface area contributed by atoms with Gasteiger partial charge in [0.2, 0.25) is 0 Å². The Labute approximate surface area is 145 Å². The fraction of sp³-hybridized carbons (Fsp3) is 0.350. The molecule has 1 heterocycles. The van der Waals surface area contributed by atoms with Crippen molar-refractivity contribution in [1.29, 1.82) is 0 Å². The quantitative estimate of drug-likeness (QED) is 0.836. The van der Waals surface area contributed by atoms with Crippen molar-refractivity contribution in [2.75, 3.05) is 32.1 Å². The fourth-order valence-corrected chi connectivity index (χ4v) is 3.18. The lowest BCUT2D eigenvalue weighted by atomic mass is 10.1. The van der Waals surface area contributed by atoms with E-state index in [2.05, 4.69) is 91.3 Å². The predicted molar refractivity (Wildman–Crippen MR) is 101 cm³/mol. The minimum atomic E-state index is 0.159. The molecule has 1 unspecified atom stereocenters. The Morgan fingerprint density at radius 3 is 2.12 bits per heavy atom. The molecule has 2 aromatic rings. The molecule has 0 bridgehead atoms. The summed E-state index contributed by atoms with van der Waals surface area (Å²) in [7, 11) is 4.13. The van der Waals surface area contributed by atoms with Crippen LogP contribution in [0.1, 0.15) is 31.1 Å². The Kier molecular flexibility index (Phi) is 4.74. The van der Waals surface area contributed by atoms with Gasteiger partial charge in [0.15, 0.2) is 5.84 Å². The van der Waals surface area contributed by atoms with Gasteiger partial charge in [0.1, 0.15) is 6.17 Å². The Balaban J connectivity index is 1.95. The maximum absolute atomic E-state index is 4.91. The number of anilines is 1. The van der Waals surface area contributed by atoms with Gasteiger partial charge in [-0.2, -0.15) is 5.10 Å². The lowest BCUT2D eigenvalue weighted by molar-refractivity contribution is 0.141. The number of hydrogen-bond acceptors (Lipinski definition) is 4. The summed E-state index contributed by atoms with van der Waals surface area (Å²) in [4.78, 5) is 4.50. The van der Waals surface area contributed by atoms with Crippen LogP contribution >= 0.6 is 0 Å².